The molecule has 4 rings (SSSR count). The molecule has 3 atom stereocenters. The van der Waals surface area contributed by atoms with Gasteiger partial charge in [0.2, 0.25) is 5.91 Å². The van der Waals surface area contributed by atoms with Crippen LogP contribution in [0.25, 0.3) is 0 Å². The maximum atomic E-state index is 12.6. The van der Waals surface area contributed by atoms with Gasteiger partial charge in [0.05, 0.1) is 6.04 Å². The number of hydrogen-bond acceptors (Lipinski definition) is 3. The summed E-state index contributed by atoms with van der Waals surface area (Å²) in [5, 5.41) is 0. The number of piperazine rings is 1. The molecule has 130 valence electrons. The molecule has 1 amide bonds. The van der Waals surface area contributed by atoms with Crippen LogP contribution in [0, 0.1) is 0 Å². The first-order chi connectivity index (χ1) is 11.7. The van der Waals surface area contributed by atoms with Gasteiger partial charge in [-0.3, -0.25) is 14.6 Å². The van der Waals surface area contributed by atoms with Crippen molar-refractivity contribution in [3.05, 3.63) is 35.9 Å². The molecule has 4 heteroatoms. The van der Waals surface area contributed by atoms with E-state index in [0.29, 0.717) is 18.0 Å². The molecule has 0 unspecified atom stereocenters. The summed E-state index contributed by atoms with van der Waals surface area (Å²) in [5.41, 5.74) is 1.40. The topological polar surface area (TPSA) is 26.8 Å². The highest BCUT2D eigenvalue weighted by Gasteiger charge is 2.41. The number of rotatable bonds is 4. The second kappa shape index (κ2) is 6.85. The van der Waals surface area contributed by atoms with Crippen molar-refractivity contribution in [1.29, 1.82) is 0 Å². The number of nitrogens with zero attached hydrogens (tertiary/aromatic N) is 3. The predicted octanol–water partition coefficient (Wildman–Crippen LogP) is 2.35. The average molecular weight is 327 g/mol. The van der Waals surface area contributed by atoms with Gasteiger partial charge in [0, 0.05) is 38.3 Å². The van der Waals surface area contributed by atoms with Crippen LogP contribution in [0.3, 0.4) is 0 Å². The fourth-order valence-electron chi connectivity index (χ4n) is 4.77. The highest BCUT2D eigenvalue weighted by molar-refractivity contribution is 5.83. The van der Waals surface area contributed by atoms with Crippen molar-refractivity contribution >= 4 is 5.91 Å². The second-order valence-electron chi connectivity index (χ2n) is 7.71. The third-order valence-electron chi connectivity index (χ3n) is 6.18. The van der Waals surface area contributed by atoms with E-state index in [-0.39, 0.29) is 6.04 Å². The van der Waals surface area contributed by atoms with E-state index in [1.165, 1.54) is 37.8 Å². The van der Waals surface area contributed by atoms with Crippen LogP contribution in [0.2, 0.25) is 0 Å². The Morgan fingerprint density at radius 2 is 1.83 bits per heavy atom. The molecule has 24 heavy (non-hydrogen) atoms. The molecule has 0 aromatic heterocycles. The number of hydrogen-bond donors (Lipinski definition) is 0. The fraction of sp³-hybridized carbons (Fsp3) is 0.650. The first-order valence-electron chi connectivity index (χ1n) is 9.55. The van der Waals surface area contributed by atoms with Crippen molar-refractivity contribution < 1.29 is 4.79 Å². The van der Waals surface area contributed by atoms with Crippen LogP contribution in [0.15, 0.2) is 30.3 Å². The summed E-state index contributed by atoms with van der Waals surface area (Å²) < 4.78 is 0. The van der Waals surface area contributed by atoms with Crippen LogP contribution in [0.4, 0.5) is 0 Å². The lowest BCUT2D eigenvalue weighted by atomic mass is 10.1. The van der Waals surface area contributed by atoms with Crippen LogP contribution in [-0.4, -0.2) is 64.9 Å². The summed E-state index contributed by atoms with van der Waals surface area (Å²) in [7, 11) is 0. The predicted molar refractivity (Wildman–Crippen MR) is 95.6 cm³/mol. The van der Waals surface area contributed by atoms with Crippen molar-refractivity contribution in [3.63, 3.8) is 0 Å². The van der Waals surface area contributed by atoms with Gasteiger partial charge in [-0.25, -0.2) is 0 Å². The Morgan fingerprint density at radius 1 is 1.04 bits per heavy atom. The minimum absolute atomic E-state index is 0.0542. The lowest BCUT2D eigenvalue weighted by Gasteiger charge is -2.43. The smallest absolute Gasteiger partial charge is 0.239 e. The Balaban J connectivity index is 1.41. The number of benzene rings is 1. The zero-order valence-electron chi connectivity index (χ0n) is 14.7. The summed E-state index contributed by atoms with van der Waals surface area (Å²) in [6.45, 7) is 7.42. The second-order valence-corrected chi connectivity index (χ2v) is 7.71. The standard InChI is InChI=1S/C20H29N3O/c1-16-20(24)23-12-6-10-19(23)15-22(16)14-18-9-5-11-21(18)13-17-7-3-2-4-8-17/h2-4,7-8,16,18-19H,5-6,9-15H2,1H3/t16-,18+,19-/m0/s1. The molecule has 0 aliphatic carbocycles. The number of fused-ring (bicyclic) bond motifs is 1. The Bertz CT molecular complexity index is 576. The first kappa shape index (κ1) is 16.1. The van der Waals surface area contributed by atoms with E-state index in [9.17, 15) is 4.79 Å². The summed E-state index contributed by atoms with van der Waals surface area (Å²) in [6, 6.07) is 11.9. The van der Waals surface area contributed by atoms with Gasteiger partial charge in [-0.15, -0.1) is 0 Å². The molecule has 3 aliphatic rings. The number of carbonyl (C=O) groups is 1. The minimum Gasteiger partial charge on any atom is -0.337 e. The van der Waals surface area contributed by atoms with E-state index in [1.54, 1.807) is 0 Å². The van der Waals surface area contributed by atoms with Gasteiger partial charge in [0.25, 0.3) is 0 Å². The van der Waals surface area contributed by atoms with Crippen molar-refractivity contribution in [2.45, 2.75) is 57.3 Å². The number of amides is 1. The van der Waals surface area contributed by atoms with Gasteiger partial charge in [-0.2, -0.15) is 0 Å². The van der Waals surface area contributed by atoms with Crippen LogP contribution in [0.1, 0.15) is 38.2 Å². The Morgan fingerprint density at radius 3 is 2.67 bits per heavy atom. The molecule has 0 N–H and O–H groups in total. The average Bonchev–Trinajstić information content (AvgIpc) is 3.23. The van der Waals surface area contributed by atoms with Gasteiger partial charge in [0.15, 0.2) is 0 Å². The van der Waals surface area contributed by atoms with Gasteiger partial charge < -0.3 is 4.90 Å². The van der Waals surface area contributed by atoms with Crippen LogP contribution in [0.5, 0.6) is 0 Å². The quantitative estimate of drug-likeness (QED) is 0.849. The number of likely N-dealkylation sites (tertiary alicyclic amines) is 1. The molecule has 3 saturated heterocycles. The molecule has 0 spiro atoms. The van der Waals surface area contributed by atoms with E-state index in [4.69, 9.17) is 0 Å². The van der Waals surface area contributed by atoms with Crippen LogP contribution in [-0.2, 0) is 11.3 Å². The molecule has 3 aliphatic heterocycles. The third-order valence-corrected chi connectivity index (χ3v) is 6.18. The maximum absolute atomic E-state index is 12.6. The van der Waals surface area contributed by atoms with Crippen LogP contribution < -0.4 is 0 Å². The van der Waals surface area contributed by atoms with E-state index >= 15 is 0 Å². The zero-order valence-corrected chi connectivity index (χ0v) is 14.7. The van der Waals surface area contributed by atoms with Crippen LogP contribution >= 0.6 is 0 Å². The van der Waals surface area contributed by atoms with Crippen molar-refractivity contribution in [3.8, 4) is 0 Å². The van der Waals surface area contributed by atoms with Crippen molar-refractivity contribution in [2.24, 2.45) is 0 Å². The molecule has 0 saturated carbocycles. The lowest BCUT2D eigenvalue weighted by Crippen LogP contribution is -2.60. The van der Waals surface area contributed by atoms with Crippen molar-refractivity contribution in [1.82, 2.24) is 14.7 Å². The molecular formula is C20H29N3O. The van der Waals surface area contributed by atoms with Gasteiger partial charge >= 0.3 is 0 Å². The third kappa shape index (κ3) is 3.09. The monoisotopic (exact) mass is 327 g/mol. The van der Waals surface area contributed by atoms with E-state index in [1.807, 2.05) is 0 Å². The number of carbonyl (C=O) groups excluding carboxylic acids is 1. The largest absolute Gasteiger partial charge is 0.337 e. The van der Waals surface area contributed by atoms with E-state index < -0.39 is 0 Å². The zero-order chi connectivity index (χ0) is 16.5. The highest BCUT2D eigenvalue weighted by atomic mass is 16.2. The molecule has 0 bridgehead atoms. The SMILES string of the molecule is C[C@H]1C(=O)N2CCC[C@H]2CN1C[C@H]1CCCN1Cc1ccccc1. The molecule has 0 radical (unpaired) electrons. The fourth-order valence-corrected chi connectivity index (χ4v) is 4.77. The molecule has 3 heterocycles. The molecule has 3 fully saturated rings. The van der Waals surface area contributed by atoms with Gasteiger partial charge in [-0.05, 0) is 44.7 Å². The summed E-state index contributed by atoms with van der Waals surface area (Å²) in [6.07, 6.45) is 4.91. The Kier molecular flexibility index (Phi) is 4.59. The van der Waals surface area contributed by atoms with E-state index in [2.05, 4.69) is 52.0 Å². The molecule has 1 aromatic carbocycles. The first-order valence-corrected chi connectivity index (χ1v) is 9.55. The summed E-state index contributed by atoms with van der Waals surface area (Å²) in [4.78, 5) is 19.9. The van der Waals surface area contributed by atoms with Crippen molar-refractivity contribution in [2.75, 3.05) is 26.2 Å². The van der Waals surface area contributed by atoms with Gasteiger partial charge in [0.1, 0.15) is 0 Å². The lowest BCUT2D eigenvalue weighted by molar-refractivity contribution is -0.143. The Labute approximate surface area is 145 Å². The van der Waals surface area contributed by atoms with E-state index in [0.717, 1.165) is 26.2 Å². The minimum atomic E-state index is 0.0542. The molecule has 1 aromatic rings. The Hall–Kier alpha value is -1.39. The summed E-state index contributed by atoms with van der Waals surface area (Å²) in [5.74, 6) is 0.358. The molecular weight excluding hydrogens is 298 g/mol. The highest BCUT2D eigenvalue weighted by Crippen LogP contribution is 2.28. The summed E-state index contributed by atoms with van der Waals surface area (Å²) >= 11 is 0. The maximum Gasteiger partial charge on any atom is 0.239 e. The molecule has 4 nitrogen and oxygen atoms in total. The normalized spacial score (nSPS) is 31.6. The van der Waals surface area contributed by atoms with Gasteiger partial charge in [-0.1, -0.05) is 30.3 Å².